The van der Waals surface area contributed by atoms with Gasteiger partial charge in [0, 0.05) is 30.9 Å². The van der Waals surface area contributed by atoms with Crippen LogP contribution in [-0.2, 0) is 33.7 Å². The molecule has 59 heavy (non-hydrogen) atoms. The van der Waals surface area contributed by atoms with E-state index in [1.807, 2.05) is 107 Å². The van der Waals surface area contributed by atoms with E-state index in [4.69, 9.17) is 32.7 Å². The summed E-state index contributed by atoms with van der Waals surface area (Å²) >= 11 is 0. The van der Waals surface area contributed by atoms with Gasteiger partial charge in [0.2, 0.25) is 5.91 Å². The fourth-order valence-electron chi connectivity index (χ4n) is 7.07. The van der Waals surface area contributed by atoms with Crippen LogP contribution in [0.3, 0.4) is 0 Å². The van der Waals surface area contributed by atoms with Crippen LogP contribution in [0.25, 0.3) is 0 Å². The van der Waals surface area contributed by atoms with E-state index in [2.05, 4.69) is 21.0 Å². The van der Waals surface area contributed by atoms with Crippen molar-refractivity contribution in [3.63, 3.8) is 0 Å². The molecule has 1 unspecified atom stereocenters. The molecular formula is C43H54N5O10P. The number of aromatic amines is 1. The van der Waals surface area contributed by atoms with Crippen molar-refractivity contribution in [1.82, 2.24) is 19.5 Å². The van der Waals surface area contributed by atoms with Crippen LogP contribution in [0.1, 0.15) is 62.6 Å². The van der Waals surface area contributed by atoms with E-state index in [0.29, 0.717) is 11.5 Å². The number of aromatic nitrogens is 2. The van der Waals surface area contributed by atoms with Crippen molar-refractivity contribution < 1.29 is 37.5 Å². The Morgan fingerprint density at radius 1 is 0.932 bits per heavy atom. The summed E-state index contributed by atoms with van der Waals surface area (Å²) in [6, 6.07) is 26.9. The Morgan fingerprint density at radius 3 is 2.03 bits per heavy atom. The molecule has 0 spiro atoms. The van der Waals surface area contributed by atoms with E-state index in [1.165, 1.54) is 17.8 Å². The third-order valence-corrected chi connectivity index (χ3v) is 12.0. The van der Waals surface area contributed by atoms with Gasteiger partial charge in [0.1, 0.15) is 42.0 Å². The topological polar surface area (TPSA) is 176 Å². The van der Waals surface area contributed by atoms with Crippen molar-refractivity contribution in [1.29, 1.82) is 5.26 Å². The number of nitrogens with zero attached hydrogens (tertiary/aromatic N) is 3. The molecule has 15 nitrogen and oxygen atoms in total. The van der Waals surface area contributed by atoms with Crippen LogP contribution in [0.5, 0.6) is 11.5 Å². The number of nitriles is 1. The normalized spacial score (nSPS) is 18.5. The molecule has 1 amide bonds. The minimum Gasteiger partial charge on any atom is -0.497 e. The number of methoxy groups -OCH3 is 2. The first-order valence-corrected chi connectivity index (χ1v) is 20.5. The summed E-state index contributed by atoms with van der Waals surface area (Å²) in [5.41, 5.74) is 0.0498. The van der Waals surface area contributed by atoms with Gasteiger partial charge in [0.25, 0.3) is 14.1 Å². The second-order valence-corrected chi connectivity index (χ2v) is 15.8. The number of ether oxygens (including phenoxy) is 5. The molecule has 2 heterocycles. The fourth-order valence-corrected chi connectivity index (χ4v) is 8.84. The van der Waals surface area contributed by atoms with Crippen LogP contribution in [0.15, 0.2) is 94.6 Å². The molecule has 1 aliphatic heterocycles. The highest BCUT2D eigenvalue weighted by atomic mass is 31.2. The van der Waals surface area contributed by atoms with Crippen molar-refractivity contribution in [2.75, 3.05) is 41.1 Å². The lowest BCUT2D eigenvalue weighted by Crippen LogP contribution is -2.44. The molecule has 4 aromatic rings. The number of rotatable bonds is 20. The molecule has 316 valence electrons. The molecule has 0 radical (unpaired) electrons. The third kappa shape index (κ3) is 10.5. The molecule has 5 rings (SSSR count). The number of likely N-dealkylation sites (N-methyl/N-ethyl adjacent to an activating group) is 1. The number of benzene rings is 3. The summed E-state index contributed by atoms with van der Waals surface area (Å²) in [6.45, 7) is 9.18. The van der Waals surface area contributed by atoms with E-state index in [1.54, 1.807) is 21.1 Å². The maximum absolute atomic E-state index is 13.5. The molecule has 5 atom stereocenters. The van der Waals surface area contributed by atoms with Crippen LogP contribution in [-0.4, -0.2) is 91.6 Å². The summed E-state index contributed by atoms with van der Waals surface area (Å²) in [5.74, 6) is 0.888. The van der Waals surface area contributed by atoms with Gasteiger partial charge in [-0.25, -0.2) is 9.46 Å². The molecule has 1 aliphatic rings. The summed E-state index contributed by atoms with van der Waals surface area (Å²) in [6.07, 6.45) is -2.79. The highest BCUT2D eigenvalue weighted by Gasteiger charge is 2.52. The molecule has 0 aliphatic carbocycles. The van der Waals surface area contributed by atoms with Gasteiger partial charge in [-0.05, 0) is 75.6 Å². The molecule has 0 saturated carbocycles. The zero-order chi connectivity index (χ0) is 42.7. The Labute approximate surface area is 346 Å². The number of H-pyrrole nitrogens is 1. The average Bonchev–Trinajstić information content (AvgIpc) is 3.57. The lowest BCUT2D eigenvalue weighted by Gasteiger charge is -2.39. The van der Waals surface area contributed by atoms with E-state index in [9.17, 15) is 19.6 Å². The highest BCUT2D eigenvalue weighted by molar-refractivity contribution is 7.44. The molecule has 16 heteroatoms. The van der Waals surface area contributed by atoms with Gasteiger partial charge in [-0.1, -0.05) is 54.6 Å². The van der Waals surface area contributed by atoms with Crippen molar-refractivity contribution in [2.45, 2.75) is 83.3 Å². The van der Waals surface area contributed by atoms with Crippen molar-refractivity contribution in [3.05, 3.63) is 128 Å². The number of nitrogens with one attached hydrogen (secondary N) is 2. The van der Waals surface area contributed by atoms with Crippen LogP contribution in [0, 0.1) is 18.3 Å². The minimum absolute atomic E-state index is 0.0541. The van der Waals surface area contributed by atoms with E-state index >= 15 is 0 Å². The molecular weight excluding hydrogens is 777 g/mol. The van der Waals surface area contributed by atoms with E-state index in [-0.39, 0.29) is 37.3 Å². The number of aryl methyl sites for hydroxylation is 1. The summed E-state index contributed by atoms with van der Waals surface area (Å²) < 4.78 is 48.1. The Balaban J connectivity index is 1.70. The number of hydrogen-bond donors (Lipinski definition) is 2. The Hall–Kier alpha value is -4.91. The lowest BCUT2D eigenvalue weighted by molar-refractivity contribution is -0.132. The monoisotopic (exact) mass is 831 g/mol. The first-order chi connectivity index (χ1) is 28.4. The number of carbonyl (C=O) groups is 1. The number of hydrogen-bond acceptors (Lipinski definition) is 12. The van der Waals surface area contributed by atoms with Crippen LogP contribution in [0.4, 0.5) is 0 Å². The Kier molecular flexibility index (Phi) is 16.0. The van der Waals surface area contributed by atoms with Gasteiger partial charge in [-0.3, -0.25) is 19.1 Å². The summed E-state index contributed by atoms with van der Waals surface area (Å²) in [4.78, 5) is 41.2. The van der Waals surface area contributed by atoms with E-state index < -0.39 is 62.4 Å². The zero-order valence-corrected chi connectivity index (χ0v) is 35.6. The maximum Gasteiger partial charge on any atom is 0.330 e. The van der Waals surface area contributed by atoms with Gasteiger partial charge in [0.05, 0.1) is 39.9 Å². The summed E-state index contributed by atoms with van der Waals surface area (Å²) in [5, 5.41) is 12.0. The maximum atomic E-state index is 13.5. The van der Waals surface area contributed by atoms with Crippen LogP contribution < -0.4 is 26.0 Å². The van der Waals surface area contributed by atoms with E-state index in [0.717, 1.165) is 16.7 Å². The van der Waals surface area contributed by atoms with Crippen molar-refractivity contribution in [2.24, 2.45) is 0 Å². The Bertz CT molecular complexity index is 2070. The minimum atomic E-state index is -1.90. The predicted molar refractivity (Wildman–Crippen MR) is 222 cm³/mol. The standard InChI is InChI=1S/C43H54N5O10P/c1-28(2)48(29(3)4)59(56-24-12-23-44)58-38-36(57-41(39(38)54-27-37(49)45-6)47-25-30(5)40(50)46-42(47)51)26-55-43(31-13-10-9-11-14-31,32-15-19-34(52-7)20-16-32)33-17-21-35(53-8)22-18-33/h9-11,13-22,25,28-29,36,38-39,41H,12,24,26-27H2,1-8H3,(H,45,49)(H,46,50,51)/t36-,38-,39-,41-,59?/m1/s1. The van der Waals surface area contributed by atoms with Gasteiger partial charge < -0.3 is 38.0 Å². The number of amides is 1. The number of carbonyl (C=O) groups excluding carboxylic acids is 1. The predicted octanol–water partition coefficient (Wildman–Crippen LogP) is 5.56. The fraction of sp³-hybridized carbons (Fsp3) is 0.442. The molecule has 1 saturated heterocycles. The van der Waals surface area contributed by atoms with Crippen LogP contribution >= 0.6 is 8.53 Å². The molecule has 1 fully saturated rings. The van der Waals surface area contributed by atoms with Gasteiger partial charge >= 0.3 is 5.69 Å². The highest BCUT2D eigenvalue weighted by Crippen LogP contribution is 2.51. The first kappa shape index (κ1) is 45.2. The van der Waals surface area contributed by atoms with Gasteiger partial charge in [-0.15, -0.1) is 0 Å². The van der Waals surface area contributed by atoms with Crippen molar-refractivity contribution >= 4 is 14.4 Å². The lowest BCUT2D eigenvalue weighted by atomic mass is 9.80. The third-order valence-electron chi connectivity index (χ3n) is 9.90. The molecule has 0 bridgehead atoms. The van der Waals surface area contributed by atoms with Crippen LogP contribution in [0.2, 0.25) is 0 Å². The summed E-state index contributed by atoms with van der Waals surface area (Å²) in [7, 11) is 2.79. The molecule has 3 aromatic carbocycles. The average molecular weight is 832 g/mol. The van der Waals surface area contributed by atoms with Gasteiger partial charge in [-0.2, -0.15) is 5.26 Å². The SMILES string of the molecule is CNC(=O)CO[C@@H]1[C@H](OP(OCCC#N)N(C(C)C)C(C)C)[C@@H](COC(c2ccccc2)(c2ccc(OC)cc2)c2ccc(OC)cc2)O[C@H]1n1cc(C)c(=O)[nH]c1=O. The Morgan fingerprint density at radius 2 is 1.51 bits per heavy atom. The van der Waals surface area contributed by atoms with Crippen molar-refractivity contribution in [3.8, 4) is 17.6 Å². The quantitative estimate of drug-likeness (QED) is 0.0646. The molecule has 2 N–H and O–H groups in total. The molecule has 1 aromatic heterocycles. The largest absolute Gasteiger partial charge is 0.497 e. The first-order valence-electron chi connectivity index (χ1n) is 19.4. The zero-order valence-electron chi connectivity index (χ0n) is 34.7. The van der Waals surface area contributed by atoms with Gasteiger partial charge in [0.15, 0.2) is 6.23 Å². The second-order valence-electron chi connectivity index (χ2n) is 14.4. The smallest absolute Gasteiger partial charge is 0.330 e. The second kappa shape index (κ2) is 20.9.